The van der Waals surface area contributed by atoms with Crippen molar-refractivity contribution in [2.45, 2.75) is 62.2 Å². The maximum atomic E-state index is 6.31. The fourth-order valence-electron chi connectivity index (χ4n) is 13.7. The molecule has 3 heteroatoms. The van der Waals surface area contributed by atoms with Gasteiger partial charge in [0.2, 0.25) is 0 Å². The highest BCUT2D eigenvalue weighted by Gasteiger charge is 2.51. The van der Waals surface area contributed by atoms with Gasteiger partial charge in [0.05, 0.1) is 12.1 Å². The monoisotopic (exact) mass is 1040 g/mol. The van der Waals surface area contributed by atoms with Crippen molar-refractivity contribution in [2.24, 2.45) is 11.8 Å². The second kappa shape index (κ2) is 22.1. The first-order valence-electron chi connectivity index (χ1n) is 28.9. The van der Waals surface area contributed by atoms with Crippen LogP contribution < -0.4 is 20.2 Å². The Morgan fingerprint density at radius 1 is 0.625 bits per heavy atom. The molecule has 5 atom stereocenters. The van der Waals surface area contributed by atoms with Gasteiger partial charge in [0.15, 0.2) is 0 Å². The van der Waals surface area contributed by atoms with Crippen LogP contribution in [-0.2, 0) is 5.41 Å². The highest BCUT2D eigenvalue weighted by Crippen LogP contribution is 2.59. The molecule has 0 radical (unpaired) electrons. The van der Waals surface area contributed by atoms with Crippen molar-refractivity contribution >= 4 is 46.6 Å². The summed E-state index contributed by atoms with van der Waals surface area (Å²) in [6, 6.07) is 62.9. The van der Waals surface area contributed by atoms with Gasteiger partial charge in [-0.3, -0.25) is 0 Å². The van der Waals surface area contributed by atoms with Gasteiger partial charge in [0, 0.05) is 67.8 Å². The quantitative estimate of drug-likeness (QED) is 0.0846. The predicted octanol–water partition coefficient (Wildman–Crippen LogP) is 18.1. The third-order valence-electron chi connectivity index (χ3n) is 17.8. The standard InChI is InChI=1S/C77H68N2O/c1-4-54-23-29-57(30-24-54)58-33-41-66(42-34-58)79-75-47-37-61(59-31-25-55(5-2)26-32-59)51-71(75)72-52-62(38-48-76(72)79)60-35-39-65(40-36-60)78(64-19-11-8-12-20-64)67-43-46-70-69-21-13-14-22-73(69)77(74(70)53-67,63-17-9-7-10-18-63)49-15-16-50-80-68-44-27-56(6-3)28-45-68/h4-14,17-25,27-31,33-35,38-48,51-53,60-61,69,73H,1-3,15-16,26,32,36-37,49-50H2. The molecule has 5 aliphatic carbocycles. The predicted molar refractivity (Wildman–Crippen MR) is 338 cm³/mol. The summed E-state index contributed by atoms with van der Waals surface area (Å²) in [6.07, 6.45) is 39.2. The molecule has 0 bridgehead atoms. The van der Waals surface area contributed by atoms with Gasteiger partial charge >= 0.3 is 0 Å². The van der Waals surface area contributed by atoms with E-state index in [1.165, 1.54) is 83.1 Å². The molecule has 0 amide bonds. The Kier molecular flexibility index (Phi) is 14.0. The lowest BCUT2D eigenvalue weighted by molar-refractivity contribution is 0.287. The summed E-state index contributed by atoms with van der Waals surface area (Å²) in [6.45, 7) is 12.6. The first-order chi connectivity index (χ1) is 39.5. The average molecular weight is 1040 g/mol. The van der Waals surface area contributed by atoms with Gasteiger partial charge in [-0.2, -0.15) is 0 Å². The highest BCUT2D eigenvalue weighted by molar-refractivity contribution is 5.86. The fraction of sp³-hybridized carbons (Fsp3) is 0.169. The Bertz CT molecular complexity index is 3970. The van der Waals surface area contributed by atoms with Crippen LogP contribution in [-0.4, -0.2) is 11.2 Å². The lowest BCUT2D eigenvalue weighted by Gasteiger charge is -2.39. The normalized spacial score (nSPS) is 20.5. The molecule has 0 fully saturated rings. The van der Waals surface area contributed by atoms with Gasteiger partial charge in [-0.15, -0.1) is 0 Å². The summed E-state index contributed by atoms with van der Waals surface area (Å²) in [5.41, 5.74) is 18.8. The number of para-hydroxylation sites is 1. The Morgan fingerprint density at radius 2 is 1.35 bits per heavy atom. The van der Waals surface area contributed by atoms with Crippen molar-refractivity contribution in [2.75, 3.05) is 11.5 Å². The molecule has 13 rings (SSSR count). The lowest BCUT2D eigenvalue weighted by Crippen LogP contribution is -2.34. The third kappa shape index (κ3) is 9.45. The molecule has 5 aliphatic rings. The van der Waals surface area contributed by atoms with E-state index in [2.05, 4.69) is 254 Å². The van der Waals surface area contributed by atoms with E-state index in [4.69, 9.17) is 4.74 Å². The van der Waals surface area contributed by atoms with E-state index in [0.717, 1.165) is 67.5 Å². The van der Waals surface area contributed by atoms with E-state index >= 15 is 0 Å². The minimum Gasteiger partial charge on any atom is -0.494 e. The second-order valence-electron chi connectivity index (χ2n) is 22.2. The summed E-state index contributed by atoms with van der Waals surface area (Å²) < 4.78 is 8.80. The molecule has 0 N–H and O–H groups in total. The van der Waals surface area contributed by atoms with Gasteiger partial charge in [-0.1, -0.05) is 213 Å². The number of ether oxygens (including phenoxy) is 1. The molecule has 5 unspecified atom stereocenters. The molecule has 0 saturated heterocycles. The van der Waals surface area contributed by atoms with Crippen molar-refractivity contribution in [3.63, 3.8) is 0 Å². The number of rotatable bonds is 17. The van der Waals surface area contributed by atoms with E-state index < -0.39 is 0 Å². The number of hydrogen-bond donors (Lipinski definition) is 0. The van der Waals surface area contributed by atoms with E-state index in [1.54, 1.807) is 0 Å². The Balaban J connectivity index is 0.836. The number of hydrogen-bond acceptors (Lipinski definition) is 2. The molecular formula is C77H68N2O. The van der Waals surface area contributed by atoms with Crippen LogP contribution >= 0.6 is 0 Å². The van der Waals surface area contributed by atoms with Crippen LogP contribution in [0.15, 0.2) is 267 Å². The topological polar surface area (TPSA) is 17.4 Å². The summed E-state index contributed by atoms with van der Waals surface area (Å²) in [5.74, 6) is 2.08. The zero-order valence-corrected chi connectivity index (χ0v) is 45.6. The smallest absolute Gasteiger partial charge is 0.119 e. The maximum Gasteiger partial charge on any atom is 0.119 e. The minimum absolute atomic E-state index is 0.221. The van der Waals surface area contributed by atoms with Crippen molar-refractivity contribution in [1.82, 2.24) is 4.57 Å². The number of fused-ring (bicyclic) bond motifs is 6. The molecule has 0 aliphatic heterocycles. The van der Waals surface area contributed by atoms with Crippen LogP contribution in [0.4, 0.5) is 11.4 Å². The lowest BCUT2D eigenvalue weighted by atomic mass is 9.64. The number of anilines is 2. The van der Waals surface area contributed by atoms with Crippen LogP contribution in [0.25, 0.3) is 52.0 Å². The summed E-state index contributed by atoms with van der Waals surface area (Å²) in [4.78, 5) is 2.49. The van der Waals surface area contributed by atoms with E-state index in [1.807, 2.05) is 30.4 Å². The van der Waals surface area contributed by atoms with Crippen molar-refractivity contribution in [3.8, 4) is 22.6 Å². The summed E-state index contributed by atoms with van der Waals surface area (Å²) in [5, 5.41) is 3.93. The van der Waals surface area contributed by atoms with Crippen molar-refractivity contribution in [1.29, 1.82) is 0 Å². The first-order valence-corrected chi connectivity index (χ1v) is 28.9. The number of allylic oxidation sites excluding steroid dienone is 12. The molecule has 0 spiro atoms. The van der Waals surface area contributed by atoms with Gasteiger partial charge in [-0.25, -0.2) is 0 Å². The van der Waals surface area contributed by atoms with Crippen LogP contribution in [0.5, 0.6) is 5.75 Å². The number of benzene rings is 7. The second-order valence-corrected chi connectivity index (χ2v) is 22.2. The summed E-state index contributed by atoms with van der Waals surface area (Å²) in [7, 11) is 0. The molecule has 3 nitrogen and oxygen atoms in total. The van der Waals surface area contributed by atoms with E-state index in [0.29, 0.717) is 24.4 Å². The van der Waals surface area contributed by atoms with E-state index in [-0.39, 0.29) is 11.3 Å². The average Bonchev–Trinajstić information content (AvgIpc) is 4.24. The molecule has 7 aromatic carbocycles. The SMILES string of the molecule is C=CC1=CC=C(C2C=c3c(n(-c4ccc(-c5ccc(C=C)cc5)cc4)c4ccc(C5C=CC(N(c6ccccc6)c6ccc7c(c6)C(CCCCOc6ccc(C=C)cc6)(c6ccccc6)C6C=CC=CC76)=CC5)cc34)=CC2)CC1. The zero-order valence-electron chi connectivity index (χ0n) is 45.6. The number of unbranched alkanes of at least 4 members (excludes halogenated alkanes) is 1. The molecule has 1 heterocycles. The van der Waals surface area contributed by atoms with Gasteiger partial charge in [0.25, 0.3) is 0 Å². The maximum absolute atomic E-state index is 6.31. The molecule has 1 aromatic heterocycles. The highest BCUT2D eigenvalue weighted by atomic mass is 16.5. The van der Waals surface area contributed by atoms with Gasteiger partial charge < -0.3 is 14.2 Å². The van der Waals surface area contributed by atoms with Crippen molar-refractivity contribution < 1.29 is 4.74 Å². The minimum atomic E-state index is -0.221. The molecular weight excluding hydrogens is 969 g/mol. The Hall–Kier alpha value is -8.92. The molecule has 0 saturated carbocycles. The fourth-order valence-corrected chi connectivity index (χ4v) is 13.7. The Labute approximate surface area is 472 Å². The van der Waals surface area contributed by atoms with Gasteiger partial charge in [0.1, 0.15) is 5.75 Å². The van der Waals surface area contributed by atoms with Crippen LogP contribution in [0, 0.1) is 11.8 Å². The van der Waals surface area contributed by atoms with E-state index in [9.17, 15) is 0 Å². The molecule has 392 valence electrons. The van der Waals surface area contributed by atoms with Crippen molar-refractivity contribution in [3.05, 3.63) is 311 Å². The molecule has 80 heavy (non-hydrogen) atoms. The first kappa shape index (κ1) is 50.6. The number of aromatic nitrogens is 1. The molecule has 8 aromatic rings. The largest absolute Gasteiger partial charge is 0.494 e. The van der Waals surface area contributed by atoms with Crippen LogP contribution in [0.2, 0.25) is 0 Å². The van der Waals surface area contributed by atoms with Crippen LogP contribution in [0.3, 0.4) is 0 Å². The van der Waals surface area contributed by atoms with Gasteiger partial charge in [-0.05, 0) is 162 Å². The zero-order chi connectivity index (χ0) is 54.0. The number of nitrogens with zero attached hydrogens (tertiary/aromatic N) is 2. The third-order valence-corrected chi connectivity index (χ3v) is 17.8. The van der Waals surface area contributed by atoms with Crippen LogP contribution in [0.1, 0.15) is 90.2 Å². The Morgan fingerprint density at radius 3 is 2.06 bits per heavy atom. The summed E-state index contributed by atoms with van der Waals surface area (Å²) >= 11 is 0.